The highest BCUT2D eigenvalue weighted by molar-refractivity contribution is 7.46. The molecule has 10 nitrogen and oxygen atoms in total. The standard InChI is InChI=1S/C33H57O10P/c1-18(2)7-6-8-19(3)22-9-10-23-27-24(12-14-33(22,23)5)32(4)13-11-21(15-20(32)16-25(27)34)42-31-30(37)29(36)28(35)26(43-31)17-41-44(38,39)40/h16,18-19,21-31,34-37H,6-15,17H2,1-5H3,(H2,38,39,40)/t19-,21+,22-,23+,24+,25+,26-,27+,28+,29+,30-,31+,32+,33-/m1/s1. The molecule has 3 saturated carbocycles. The summed E-state index contributed by atoms with van der Waals surface area (Å²) < 4.78 is 27.4. The van der Waals surface area contributed by atoms with Crippen LogP contribution in [-0.4, -0.2) is 79.7 Å². The minimum absolute atomic E-state index is 0.0480. The van der Waals surface area contributed by atoms with Crippen molar-refractivity contribution in [2.24, 2.45) is 46.3 Å². The lowest BCUT2D eigenvalue weighted by Crippen LogP contribution is -2.60. The van der Waals surface area contributed by atoms with Crippen LogP contribution in [0.3, 0.4) is 0 Å². The third kappa shape index (κ3) is 6.78. The second-order valence-corrected chi connectivity index (χ2v) is 17.0. The van der Waals surface area contributed by atoms with Crippen molar-refractivity contribution in [3.05, 3.63) is 11.6 Å². The Kier molecular flexibility index (Phi) is 10.5. The summed E-state index contributed by atoms with van der Waals surface area (Å²) in [6.07, 6.45) is 4.62. The Hall–Kier alpha value is -0.390. The zero-order chi connectivity index (χ0) is 32.2. The van der Waals surface area contributed by atoms with Crippen LogP contribution >= 0.6 is 7.82 Å². The van der Waals surface area contributed by atoms with Crippen molar-refractivity contribution in [2.45, 2.75) is 142 Å². The monoisotopic (exact) mass is 644 g/mol. The van der Waals surface area contributed by atoms with E-state index >= 15 is 0 Å². The molecule has 4 aliphatic carbocycles. The molecule has 11 heteroatoms. The maximum atomic E-state index is 11.7. The molecule has 0 amide bonds. The molecular formula is C33H57O10P. The quantitative estimate of drug-likeness (QED) is 0.149. The van der Waals surface area contributed by atoms with E-state index in [1.54, 1.807) is 0 Å². The summed E-state index contributed by atoms with van der Waals surface area (Å²) in [5, 5.41) is 43.0. The van der Waals surface area contributed by atoms with Crippen LogP contribution in [0.25, 0.3) is 0 Å². The van der Waals surface area contributed by atoms with E-state index in [2.05, 4.69) is 45.2 Å². The molecule has 4 fully saturated rings. The molecule has 0 radical (unpaired) electrons. The van der Waals surface area contributed by atoms with Gasteiger partial charge in [-0.05, 0) is 91.3 Å². The fraction of sp³-hybridized carbons (Fsp3) is 0.939. The fourth-order valence-corrected chi connectivity index (χ4v) is 10.6. The smallest absolute Gasteiger partial charge is 0.389 e. The Morgan fingerprint density at radius 1 is 0.955 bits per heavy atom. The van der Waals surface area contributed by atoms with Crippen LogP contribution < -0.4 is 0 Å². The number of hydrogen-bond acceptors (Lipinski definition) is 8. The number of aliphatic hydroxyl groups excluding tert-OH is 4. The number of fused-ring (bicyclic) bond motifs is 5. The van der Waals surface area contributed by atoms with E-state index in [-0.39, 0.29) is 22.9 Å². The molecular weight excluding hydrogens is 587 g/mol. The average Bonchev–Trinajstić information content (AvgIpc) is 3.30. The van der Waals surface area contributed by atoms with Crippen molar-refractivity contribution in [1.82, 2.24) is 0 Å². The number of hydrogen-bond donors (Lipinski definition) is 6. The first-order chi connectivity index (χ1) is 20.5. The van der Waals surface area contributed by atoms with Crippen molar-refractivity contribution in [3.63, 3.8) is 0 Å². The largest absolute Gasteiger partial charge is 0.469 e. The topological polar surface area (TPSA) is 166 Å². The van der Waals surface area contributed by atoms with Gasteiger partial charge in [0.2, 0.25) is 0 Å². The number of phosphoric acid groups is 1. The van der Waals surface area contributed by atoms with E-state index in [0.717, 1.165) is 18.8 Å². The van der Waals surface area contributed by atoms with Crippen LogP contribution in [0.1, 0.15) is 98.8 Å². The molecule has 1 saturated heterocycles. The maximum Gasteiger partial charge on any atom is 0.469 e. The Morgan fingerprint density at radius 2 is 1.68 bits per heavy atom. The van der Waals surface area contributed by atoms with E-state index in [1.807, 2.05) is 0 Å². The van der Waals surface area contributed by atoms with E-state index < -0.39 is 51.2 Å². The predicted octanol–water partition coefficient (Wildman–Crippen LogP) is 4.30. The molecule has 5 aliphatic rings. The minimum Gasteiger partial charge on any atom is -0.389 e. The Balaban J connectivity index is 1.26. The van der Waals surface area contributed by atoms with Gasteiger partial charge in [0.1, 0.15) is 24.4 Å². The van der Waals surface area contributed by atoms with Crippen molar-refractivity contribution >= 4 is 7.82 Å². The zero-order valence-corrected chi connectivity index (χ0v) is 28.0. The first-order valence-electron chi connectivity index (χ1n) is 17.0. The van der Waals surface area contributed by atoms with Gasteiger partial charge in [0.15, 0.2) is 6.29 Å². The lowest BCUT2D eigenvalue weighted by Gasteiger charge is -2.59. The second-order valence-electron chi connectivity index (χ2n) is 15.7. The van der Waals surface area contributed by atoms with Gasteiger partial charge in [0, 0.05) is 0 Å². The van der Waals surface area contributed by atoms with Gasteiger partial charge < -0.3 is 39.7 Å². The molecule has 6 N–H and O–H groups in total. The number of phosphoric ester groups is 1. The van der Waals surface area contributed by atoms with Crippen LogP contribution in [0, 0.1) is 46.3 Å². The Bertz CT molecular complexity index is 1080. The lowest BCUT2D eigenvalue weighted by atomic mass is 9.46. The van der Waals surface area contributed by atoms with Gasteiger partial charge in [-0.25, -0.2) is 4.57 Å². The van der Waals surface area contributed by atoms with Gasteiger partial charge in [0.25, 0.3) is 0 Å². The first kappa shape index (κ1) is 34.9. The van der Waals surface area contributed by atoms with Gasteiger partial charge in [-0.2, -0.15) is 0 Å². The normalized spacial score (nSPS) is 46.6. The van der Waals surface area contributed by atoms with Crippen LogP contribution in [-0.2, 0) is 18.6 Å². The summed E-state index contributed by atoms with van der Waals surface area (Å²) in [7, 11) is -4.83. The first-order valence-corrected chi connectivity index (χ1v) is 18.5. The second kappa shape index (κ2) is 13.3. The molecule has 1 heterocycles. The minimum atomic E-state index is -4.83. The van der Waals surface area contributed by atoms with E-state index in [1.165, 1.54) is 44.1 Å². The molecule has 0 aromatic carbocycles. The van der Waals surface area contributed by atoms with Crippen LogP contribution in [0.15, 0.2) is 11.6 Å². The van der Waals surface area contributed by atoms with Gasteiger partial charge in [0.05, 0.1) is 18.8 Å². The van der Waals surface area contributed by atoms with Gasteiger partial charge >= 0.3 is 7.82 Å². The third-order valence-electron chi connectivity index (χ3n) is 12.7. The summed E-state index contributed by atoms with van der Waals surface area (Å²) in [4.78, 5) is 18.1. The Labute approximate surface area is 262 Å². The molecule has 0 spiro atoms. The highest BCUT2D eigenvalue weighted by Crippen LogP contribution is 2.67. The average molecular weight is 645 g/mol. The van der Waals surface area contributed by atoms with E-state index in [0.29, 0.717) is 36.5 Å². The van der Waals surface area contributed by atoms with Crippen molar-refractivity contribution < 1.29 is 48.8 Å². The molecule has 1 aliphatic heterocycles. The summed E-state index contributed by atoms with van der Waals surface area (Å²) in [5.41, 5.74) is 1.39. The summed E-state index contributed by atoms with van der Waals surface area (Å²) in [6, 6.07) is 0. The van der Waals surface area contributed by atoms with Gasteiger partial charge in [-0.15, -0.1) is 0 Å². The Morgan fingerprint density at radius 3 is 2.36 bits per heavy atom. The summed E-state index contributed by atoms with van der Waals surface area (Å²) in [5.74, 6) is 3.33. The fourth-order valence-electron chi connectivity index (χ4n) is 10.3. The van der Waals surface area contributed by atoms with Crippen LogP contribution in [0.4, 0.5) is 0 Å². The molecule has 0 unspecified atom stereocenters. The molecule has 0 aromatic heterocycles. The summed E-state index contributed by atoms with van der Waals surface area (Å²) in [6.45, 7) is 11.3. The highest BCUT2D eigenvalue weighted by atomic mass is 31.2. The number of ether oxygens (including phenoxy) is 2. The lowest BCUT2D eigenvalue weighted by molar-refractivity contribution is -0.312. The van der Waals surface area contributed by atoms with E-state index in [4.69, 9.17) is 19.3 Å². The van der Waals surface area contributed by atoms with E-state index in [9.17, 15) is 25.0 Å². The van der Waals surface area contributed by atoms with Gasteiger partial charge in [-0.1, -0.05) is 65.5 Å². The summed E-state index contributed by atoms with van der Waals surface area (Å²) >= 11 is 0. The molecule has 44 heavy (non-hydrogen) atoms. The van der Waals surface area contributed by atoms with Crippen molar-refractivity contribution in [2.75, 3.05) is 6.61 Å². The predicted molar refractivity (Wildman–Crippen MR) is 164 cm³/mol. The van der Waals surface area contributed by atoms with Crippen molar-refractivity contribution in [3.8, 4) is 0 Å². The number of rotatable bonds is 10. The SMILES string of the molecule is CC(C)CCC[C@@H](C)[C@H]1CC[C@H]2[C@@H]3[C@@H](O)C=C4C[C@@H](O[C@H]5O[C@H](COP(=O)(O)O)[C@H](O)[C@H](O)[C@H]5O)CC[C@]4(C)[C@H]3CC[C@]12C. The molecule has 14 atom stereocenters. The van der Waals surface area contributed by atoms with Crippen LogP contribution in [0.2, 0.25) is 0 Å². The molecule has 0 aromatic rings. The third-order valence-corrected chi connectivity index (χ3v) is 13.2. The van der Waals surface area contributed by atoms with Crippen molar-refractivity contribution in [1.29, 1.82) is 0 Å². The molecule has 254 valence electrons. The molecule has 0 bridgehead atoms. The molecule has 5 rings (SSSR count). The number of aliphatic hydroxyl groups is 4. The maximum absolute atomic E-state index is 11.7. The van der Waals surface area contributed by atoms with Gasteiger partial charge in [-0.3, -0.25) is 4.52 Å². The van der Waals surface area contributed by atoms with Crippen LogP contribution in [0.5, 0.6) is 0 Å². The highest BCUT2D eigenvalue weighted by Gasteiger charge is 2.61. The zero-order valence-electron chi connectivity index (χ0n) is 27.1.